The van der Waals surface area contributed by atoms with Gasteiger partial charge in [-0.05, 0) is 47.8 Å². The van der Waals surface area contributed by atoms with E-state index in [4.69, 9.17) is 5.11 Å². The van der Waals surface area contributed by atoms with E-state index < -0.39 is 11.8 Å². The molecule has 1 fully saturated rings. The van der Waals surface area contributed by atoms with Crippen LogP contribution in [-0.4, -0.2) is 29.2 Å². The Morgan fingerprint density at radius 3 is 2.58 bits per heavy atom. The van der Waals surface area contributed by atoms with E-state index in [9.17, 15) is 14.0 Å². The summed E-state index contributed by atoms with van der Waals surface area (Å²) in [5.41, 5.74) is 2.48. The molecule has 1 saturated carbocycles. The molecule has 134 valence electrons. The van der Waals surface area contributed by atoms with E-state index in [0.717, 1.165) is 30.8 Å². The molecular weight excluding hydrogens is 333 g/mol. The molecule has 0 heterocycles. The Morgan fingerprint density at radius 1 is 1.27 bits per heavy atom. The Hall–Kier alpha value is -2.79. The van der Waals surface area contributed by atoms with Crippen LogP contribution in [0.2, 0.25) is 0 Å². The molecule has 0 aromatic heterocycles. The summed E-state index contributed by atoms with van der Waals surface area (Å²) in [7, 11) is 0. The molecule has 1 atom stereocenters. The van der Waals surface area contributed by atoms with E-state index in [1.165, 1.54) is 12.2 Å². The average molecular weight is 353 g/mol. The second-order valence-electron chi connectivity index (χ2n) is 6.50. The fourth-order valence-electron chi connectivity index (χ4n) is 2.81. The zero-order chi connectivity index (χ0) is 18.6. The second kappa shape index (κ2) is 7.62. The molecule has 2 aliphatic carbocycles. The first-order valence-electron chi connectivity index (χ1n) is 8.52. The lowest BCUT2D eigenvalue weighted by molar-refractivity contribution is -0.131. The number of carbonyl (C=O) groups is 2. The maximum atomic E-state index is 14.7. The predicted octanol–water partition coefficient (Wildman–Crippen LogP) is 3.67. The van der Waals surface area contributed by atoms with Gasteiger partial charge in [0.2, 0.25) is 0 Å². The number of nitrogens with one attached hydrogen (secondary N) is 1. The van der Waals surface area contributed by atoms with Crippen LogP contribution in [0.25, 0.3) is 12.2 Å². The maximum Gasteiger partial charge on any atom is 0.328 e. The monoisotopic (exact) mass is 353 g/mol. The van der Waals surface area contributed by atoms with Crippen molar-refractivity contribution in [2.24, 2.45) is 0 Å². The molecule has 0 aliphatic heterocycles. The van der Waals surface area contributed by atoms with Crippen molar-refractivity contribution in [3.8, 4) is 0 Å². The van der Waals surface area contributed by atoms with E-state index in [1.54, 1.807) is 36.4 Å². The molecule has 5 heteroatoms. The third-order valence-electron chi connectivity index (χ3n) is 4.34. The van der Waals surface area contributed by atoms with E-state index in [-0.39, 0.29) is 12.5 Å². The molecule has 0 radical (unpaired) electrons. The quantitative estimate of drug-likeness (QED) is 0.446. The second-order valence-corrected chi connectivity index (χ2v) is 6.50. The largest absolute Gasteiger partial charge is 0.478 e. The Bertz CT molecular complexity index is 833. The molecule has 1 unspecified atom stereocenters. The van der Waals surface area contributed by atoms with Gasteiger partial charge in [0.25, 0.3) is 0 Å². The normalized spacial score (nSPS) is 23.1. The molecule has 26 heavy (non-hydrogen) atoms. The summed E-state index contributed by atoms with van der Waals surface area (Å²) in [4.78, 5) is 22.3. The third kappa shape index (κ3) is 4.64. The van der Waals surface area contributed by atoms with Crippen LogP contribution in [0.5, 0.6) is 0 Å². The minimum Gasteiger partial charge on any atom is -0.478 e. The van der Waals surface area contributed by atoms with Crippen LogP contribution in [0, 0.1) is 0 Å². The summed E-state index contributed by atoms with van der Waals surface area (Å²) in [5.74, 6) is -2.60. The molecule has 2 N–H and O–H groups in total. The summed E-state index contributed by atoms with van der Waals surface area (Å²) < 4.78 is 14.7. The average Bonchev–Trinajstić information content (AvgIpc) is 3.43. The molecule has 0 spiro atoms. The van der Waals surface area contributed by atoms with Gasteiger partial charge in [0.1, 0.15) is 0 Å². The van der Waals surface area contributed by atoms with Gasteiger partial charge in [0.15, 0.2) is 12.1 Å². The number of carbonyl (C=O) groups excluding carboxylic acids is 1. The number of aldehydes is 1. The third-order valence-corrected chi connectivity index (χ3v) is 4.34. The van der Waals surface area contributed by atoms with E-state index in [0.29, 0.717) is 16.7 Å². The van der Waals surface area contributed by atoms with Gasteiger partial charge in [-0.2, -0.15) is 0 Å². The number of allylic oxidation sites excluding steroid dienone is 3. The minimum atomic E-state index is -1.55. The fourth-order valence-corrected chi connectivity index (χ4v) is 2.81. The Labute approximate surface area is 151 Å². The number of carboxylic acids is 1. The fraction of sp³-hybridized carbons (Fsp3) is 0.238. The van der Waals surface area contributed by atoms with Gasteiger partial charge >= 0.3 is 5.97 Å². The summed E-state index contributed by atoms with van der Waals surface area (Å²) in [6.07, 6.45) is 11.9. The zero-order valence-electron chi connectivity index (χ0n) is 14.2. The number of carboxylic acid groups (broad SMARTS) is 1. The number of alkyl halides is 1. The number of rotatable bonds is 7. The van der Waals surface area contributed by atoms with Crippen molar-refractivity contribution in [1.29, 1.82) is 0 Å². The van der Waals surface area contributed by atoms with Gasteiger partial charge in [-0.25, -0.2) is 9.18 Å². The predicted molar refractivity (Wildman–Crippen MR) is 99.0 cm³/mol. The van der Waals surface area contributed by atoms with Crippen LogP contribution in [0.3, 0.4) is 0 Å². The van der Waals surface area contributed by atoms with Gasteiger partial charge in [-0.15, -0.1) is 0 Å². The van der Waals surface area contributed by atoms with Crippen LogP contribution in [0.15, 0.2) is 59.7 Å². The number of halogens is 1. The smallest absolute Gasteiger partial charge is 0.328 e. The first kappa shape index (κ1) is 18.0. The Balaban J connectivity index is 1.82. The molecular formula is C21H20FNO3. The van der Waals surface area contributed by atoms with E-state index in [2.05, 4.69) is 5.32 Å². The highest BCUT2D eigenvalue weighted by atomic mass is 19.1. The van der Waals surface area contributed by atoms with Crippen molar-refractivity contribution < 1.29 is 19.1 Å². The first-order valence-corrected chi connectivity index (χ1v) is 8.52. The van der Waals surface area contributed by atoms with Gasteiger partial charge in [0, 0.05) is 24.1 Å². The van der Waals surface area contributed by atoms with Crippen molar-refractivity contribution >= 4 is 24.4 Å². The van der Waals surface area contributed by atoms with Gasteiger partial charge in [0.05, 0.1) is 0 Å². The summed E-state index contributed by atoms with van der Waals surface area (Å²) in [5, 5.41) is 11.8. The molecule has 1 aromatic rings. The van der Waals surface area contributed by atoms with Crippen LogP contribution < -0.4 is 5.32 Å². The molecule has 2 aliphatic rings. The van der Waals surface area contributed by atoms with Gasteiger partial charge < -0.3 is 5.11 Å². The number of benzene rings is 1. The van der Waals surface area contributed by atoms with Gasteiger partial charge in [-0.1, -0.05) is 36.4 Å². The highest BCUT2D eigenvalue weighted by Gasteiger charge is 2.34. The lowest BCUT2D eigenvalue weighted by Crippen LogP contribution is -2.41. The minimum absolute atomic E-state index is 0.168. The highest BCUT2D eigenvalue weighted by molar-refractivity contribution is 5.91. The number of aliphatic carboxylic acids is 1. The lowest BCUT2D eigenvalue weighted by Gasteiger charge is -2.25. The molecule has 0 bridgehead atoms. The van der Waals surface area contributed by atoms with Crippen LogP contribution in [0.1, 0.15) is 30.4 Å². The Kier molecular flexibility index (Phi) is 5.28. The maximum absolute atomic E-state index is 14.7. The molecule has 1 aromatic carbocycles. The standard InChI is InChI=1S/C21H20FNO3/c22-21(23-19-6-7-19)11-9-16(10-12-21)18(14-24)13-17-4-2-1-3-15(17)5-8-20(25)26/h1-5,8-11,13-14,19,23H,6-7,12H2,(H,25,26). The summed E-state index contributed by atoms with van der Waals surface area (Å²) >= 11 is 0. The topological polar surface area (TPSA) is 66.4 Å². The SMILES string of the molecule is O=CC(=Cc1ccccc1C=CC(=O)O)C1=CCC(F)(NC2CC2)C=C1. The molecule has 0 saturated heterocycles. The lowest BCUT2D eigenvalue weighted by atomic mass is 9.94. The van der Waals surface area contributed by atoms with Crippen LogP contribution in [0.4, 0.5) is 4.39 Å². The van der Waals surface area contributed by atoms with E-state index in [1.807, 2.05) is 6.07 Å². The highest BCUT2D eigenvalue weighted by Crippen LogP contribution is 2.31. The molecule has 0 amide bonds. The summed E-state index contributed by atoms with van der Waals surface area (Å²) in [6.45, 7) is 0. The van der Waals surface area contributed by atoms with Gasteiger partial charge in [-0.3, -0.25) is 10.1 Å². The molecule has 4 nitrogen and oxygen atoms in total. The van der Waals surface area contributed by atoms with Crippen molar-refractivity contribution in [2.45, 2.75) is 31.1 Å². The van der Waals surface area contributed by atoms with Crippen molar-refractivity contribution in [1.82, 2.24) is 5.32 Å². The van der Waals surface area contributed by atoms with Crippen molar-refractivity contribution in [3.63, 3.8) is 0 Å². The first-order chi connectivity index (χ1) is 12.5. The van der Waals surface area contributed by atoms with Crippen LogP contribution in [-0.2, 0) is 9.59 Å². The van der Waals surface area contributed by atoms with Crippen LogP contribution >= 0.6 is 0 Å². The molecule has 3 rings (SSSR count). The number of hydrogen-bond donors (Lipinski definition) is 2. The van der Waals surface area contributed by atoms with E-state index >= 15 is 0 Å². The zero-order valence-corrected chi connectivity index (χ0v) is 14.2. The number of hydrogen-bond acceptors (Lipinski definition) is 3. The Morgan fingerprint density at radius 2 is 2.00 bits per heavy atom. The van der Waals surface area contributed by atoms with Crippen molar-refractivity contribution in [2.75, 3.05) is 0 Å². The summed E-state index contributed by atoms with van der Waals surface area (Å²) in [6, 6.07) is 7.41. The van der Waals surface area contributed by atoms with Crippen molar-refractivity contribution in [3.05, 3.63) is 70.8 Å².